The van der Waals surface area contributed by atoms with E-state index in [9.17, 15) is 9.90 Å². The van der Waals surface area contributed by atoms with E-state index in [4.69, 9.17) is 0 Å². The molecule has 3 rings (SSSR count). The molecule has 2 unspecified atom stereocenters. The van der Waals surface area contributed by atoms with Gasteiger partial charge in [0.15, 0.2) is 0 Å². The SMILES string of the molecule is Cc1cc(C(=O)NCC2CNCC2O)c(C)n1-c1cccc(C(C)C)c1.Cl. The molecule has 1 aliphatic rings. The van der Waals surface area contributed by atoms with Gasteiger partial charge in [-0.25, -0.2) is 0 Å². The Morgan fingerprint density at radius 2 is 2.04 bits per heavy atom. The van der Waals surface area contributed by atoms with Gasteiger partial charge < -0.3 is 20.3 Å². The van der Waals surface area contributed by atoms with E-state index >= 15 is 0 Å². The number of aryl methyl sites for hydroxylation is 1. The minimum Gasteiger partial charge on any atom is -0.391 e. The lowest BCUT2D eigenvalue weighted by Gasteiger charge is -2.15. The van der Waals surface area contributed by atoms with Gasteiger partial charge >= 0.3 is 0 Å². The van der Waals surface area contributed by atoms with E-state index in [2.05, 4.69) is 53.3 Å². The number of β-amino-alcohol motifs (C(OH)–C–C–N with tert-alkyl or cyclic N) is 1. The Morgan fingerprint density at radius 1 is 1.30 bits per heavy atom. The molecule has 5 nitrogen and oxygen atoms in total. The van der Waals surface area contributed by atoms with Gasteiger partial charge in [0.2, 0.25) is 0 Å². The number of aliphatic hydroxyl groups is 1. The number of aromatic nitrogens is 1. The van der Waals surface area contributed by atoms with E-state index in [-0.39, 0.29) is 30.3 Å². The standard InChI is InChI=1S/C21H29N3O2.ClH/c1-13(2)16-6-5-7-18(9-16)24-14(3)8-19(15(24)4)21(26)23-11-17-10-22-12-20(17)25;/h5-9,13,17,20,22,25H,10-12H2,1-4H3,(H,23,26);1H. The van der Waals surface area contributed by atoms with Gasteiger partial charge in [-0.05, 0) is 43.5 Å². The summed E-state index contributed by atoms with van der Waals surface area (Å²) in [5, 5.41) is 16.0. The van der Waals surface area contributed by atoms with Gasteiger partial charge in [0.1, 0.15) is 0 Å². The normalized spacial score (nSPS) is 19.2. The van der Waals surface area contributed by atoms with Crippen molar-refractivity contribution in [2.24, 2.45) is 5.92 Å². The van der Waals surface area contributed by atoms with E-state index in [1.807, 2.05) is 19.9 Å². The molecule has 1 saturated heterocycles. The van der Waals surface area contributed by atoms with Gasteiger partial charge in [0, 0.05) is 42.6 Å². The molecule has 1 aliphatic heterocycles. The quantitative estimate of drug-likeness (QED) is 0.734. The first kappa shape index (κ1) is 21.5. The molecule has 0 bridgehead atoms. The zero-order valence-corrected chi connectivity index (χ0v) is 17.3. The summed E-state index contributed by atoms with van der Waals surface area (Å²) < 4.78 is 2.13. The molecule has 148 valence electrons. The lowest BCUT2D eigenvalue weighted by atomic mass is 10.0. The first-order valence-electron chi connectivity index (χ1n) is 9.34. The van der Waals surface area contributed by atoms with Crippen LogP contribution in [0.4, 0.5) is 0 Å². The summed E-state index contributed by atoms with van der Waals surface area (Å²) in [5.74, 6) is 0.453. The average Bonchev–Trinajstić information content (AvgIpc) is 3.15. The molecule has 1 aromatic carbocycles. The number of hydrogen-bond donors (Lipinski definition) is 3. The number of benzene rings is 1. The lowest BCUT2D eigenvalue weighted by molar-refractivity contribution is 0.0926. The molecule has 1 aromatic heterocycles. The van der Waals surface area contributed by atoms with Crippen LogP contribution < -0.4 is 10.6 Å². The molecule has 2 heterocycles. The molecule has 0 radical (unpaired) electrons. The highest BCUT2D eigenvalue weighted by molar-refractivity contribution is 5.95. The predicted molar refractivity (Wildman–Crippen MR) is 111 cm³/mol. The number of nitrogens with one attached hydrogen (secondary N) is 2. The Bertz CT molecular complexity index is 801. The minimum absolute atomic E-state index is 0. The number of nitrogens with zero attached hydrogens (tertiary/aromatic N) is 1. The fraction of sp³-hybridized carbons (Fsp3) is 0.476. The summed E-state index contributed by atoms with van der Waals surface area (Å²) >= 11 is 0. The molecule has 6 heteroatoms. The third kappa shape index (κ3) is 4.54. The summed E-state index contributed by atoms with van der Waals surface area (Å²) in [6, 6.07) is 10.4. The zero-order valence-electron chi connectivity index (χ0n) is 16.5. The molecule has 3 N–H and O–H groups in total. The molecule has 0 saturated carbocycles. The molecule has 2 aromatic rings. The van der Waals surface area contributed by atoms with Gasteiger partial charge in [0.05, 0.1) is 11.7 Å². The first-order valence-corrected chi connectivity index (χ1v) is 9.34. The van der Waals surface area contributed by atoms with Crippen molar-refractivity contribution in [3.05, 3.63) is 52.8 Å². The summed E-state index contributed by atoms with van der Waals surface area (Å²) in [6.45, 7) is 10.2. The maximum atomic E-state index is 12.7. The van der Waals surface area contributed by atoms with E-state index in [0.29, 0.717) is 24.6 Å². The fourth-order valence-electron chi connectivity index (χ4n) is 3.66. The minimum atomic E-state index is -0.387. The van der Waals surface area contributed by atoms with Crippen LogP contribution in [0.1, 0.15) is 47.1 Å². The van der Waals surface area contributed by atoms with Crippen molar-refractivity contribution in [1.82, 2.24) is 15.2 Å². The van der Waals surface area contributed by atoms with Crippen LogP contribution >= 0.6 is 12.4 Å². The summed E-state index contributed by atoms with van der Waals surface area (Å²) in [6.07, 6.45) is -0.387. The highest BCUT2D eigenvalue weighted by Gasteiger charge is 2.26. The number of halogens is 1. The predicted octanol–water partition coefficient (Wildman–Crippen LogP) is 2.95. The Kier molecular flexibility index (Phi) is 7.09. The Hall–Kier alpha value is -1.82. The van der Waals surface area contributed by atoms with E-state index < -0.39 is 0 Å². The monoisotopic (exact) mass is 391 g/mol. The zero-order chi connectivity index (χ0) is 18.8. The van der Waals surface area contributed by atoms with Crippen LogP contribution in [0.25, 0.3) is 5.69 Å². The van der Waals surface area contributed by atoms with Crippen LogP contribution in [0, 0.1) is 19.8 Å². The van der Waals surface area contributed by atoms with Gasteiger partial charge in [-0.3, -0.25) is 4.79 Å². The number of carbonyl (C=O) groups is 1. The van der Waals surface area contributed by atoms with Crippen LogP contribution in [-0.2, 0) is 0 Å². The molecular weight excluding hydrogens is 362 g/mol. The number of amides is 1. The smallest absolute Gasteiger partial charge is 0.253 e. The average molecular weight is 392 g/mol. The Morgan fingerprint density at radius 3 is 2.67 bits per heavy atom. The molecule has 0 aliphatic carbocycles. The van der Waals surface area contributed by atoms with E-state index in [1.54, 1.807) is 0 Å². The van der Waals surface area contributed by atoms with Crippen LogP contribution in [0.15, 0.2) is 30.3 Å². The van der Waals surface area contributed by atoms with E-state index in [0.717, 1.165) is 23.6 Å². The topological polar surface area (TPSA) is 66.3 Å². The van der Waals surface area contributed by atoms with Crippen LogP contribution in [-0.4, -0.2) is 41.3 Å². The van der Waals surface area contributed by atoms with Crippen LogP contribution in [0.5, 0.6) is 0 Å². The van der Waals surface area contributed by atoms with Crippen molar-refractivity contribution in [2.75, 3.05) is 19.6 Å². The largest absolute Gasteiger partial charge is 0.391 e. The van der Waals surface area contributed by atoms with Crippen LogP contribution in [0.2, 0.25) is 0 Å². The number of aliphatic hydroxyl groups excluding tert-OH is 1. The van der Waals surface area contributed by atoms with Crippen molar-refractivity contribution < 1.29 is 9.90 Å². The number of carbonyl (C=O) groups excluding carboxylic acids is 1. The van der Waals surface area contributed by atoms with Gasteiger partial charge in [-0.2, -0.15) is 0 Å². The molecule has 0 spiro atoms. The maximum absolute atomic E-state index is 12.7. The highest BCUT2D eigenvalue weighted by atomic mass is 35.5. The third-order valence-corrected chi connectivity index (χ3v) is 5.30. The lowest BCUT2D eigenvalue weighted by Crippen LogP contribution is -2.34. The molecule has 1 fully saturated rings. The maximum Gasteiger partial charge on any atom is 0.253 e. The Labute approximate surface area is 167 Å². The number of rotatable bonds is 5. The number of hydrogen-bond acceptors (Lipinski definition) is 3. The second-order valence-corrected chi connectivity index (χ2v) is 7.57. The van der Waals surface area contributed by atoms with Crippen molar-refractivity contribution in [1.29, 1.82) is 0 Å². The van der Waals surface area contributed by atoms with Crippen molar-refractivity contribution in [2.45, 2.75) is 39.7 Å². The summed E-state index contributed by atoms with van der Waals surface area (Å²) in [5.41, 5.74) is 5.03. The fourth-order valence-corrected chi connectivity index (χ4v) is 3.66. The van der Waals surface area contributed by atoms with Crippen molar-refractivity contribution in [3.63, 3.8) is 0 Å². The Balaban J connectivity index is 0.00000261. The van der Waals surface area contributed by atoms with Crippen molar-refractivity contribution >= 4 is 18.3 Å². The first-order chi connectivity index (χ1) is 12.4. The molecular formula is C21H30ClN3O2. The second-order valence-electron chi connectivity index (χ2n) is 7.57. The molecule has 2 atom stereocenters. The van der Waals surface area contributed by atoms with Crippen LogP contribution in [0.3, 0.4) is 0 Å². The highest BCUT2D eigenvalue weighted by Crippen LogP contribution is 2.24. The molecule has 27 heavy (non-hydrogen) atoms. The van der Waals surface area contributed by atoms with Crippen molar-refractivity contribution in [3.8, 4) is 5.69 Å². The van der Waals surface area contributed by atoms with Gasteiger partial charge in [-0.15, -0.1) is 12.4 Å². The van der Waals surface area contributed by atoms with Gasteiger partial charge in [-0.1, -0.05) is 26.0 Å². The summed E-state index contributed by atoms with van der Waals surface area (Å²) in [7, 11) is 0. The molecule has 1 amide bonds. The third-order valence-electron chi connectivity index (χ3n) is 5.30. The second kappa shape index (κ2) is 8.91. The van der Waals surface area contributed by atoms with Gasteiger partial charge in [0.25, 0.3) is 5.91 Å². The van der Waals surface area contributed by atoms with E-state index in [1.165, 1.54) is 5.56 Å². The summed E-state index contributed by atoms with van der Waals surface area (Å²) in [4.78, 5) is 12.7.